The maximum absolute atomic E-state index is 13.0. The van der Waals surface area contributed by atoms with Gasteiger partial charge < -0.3 is 10.1 Å². The van der Waals surface area contributed by atoms with Crippen LogP contribution in [0.15, 0.2) is 53.5 Å². The standard InChI is InChI=1S/C24H31N3O5S.C13H13NO.C10H17N3O4S/c1-2-3-4-5-12-27-14-20(23(29)26-24(27)30)33(31,32)15-21(28)25-22-18-10-6-8-16(18)13-17-9-7-11-19(17)22;14-8-15-13-11-5-1-3-9(11)7-10-4-2-6-12(10)13;1-2-3-4-5-6-13-7-8(18(11,16)17)9(14)12-10(13)15/h13-14H,2-12,15H2,1H3,(H,25,28)(H,26,29,30);7H,1-6H2;7H,2-6H2,1H3,(H2,11,16,17)(H,12,14,15). The van der Waals surface area contributed by atoms with Gasteiger partial charge in [0.05, 0.1) is 0 Å². The lowest BCUT2D eigenvalue weighted by atomic mass is 9.98. The van der Waals surface area contributed by atoms with Crippen LogP contribution in [0.1, 0.15) is 135 Å². The number of fused-ring (bicyclic) bond motifs is 4. The lowest BCUT2D eigenvalue weighted by Gasteiger charge is -2.16. The number of nitriles is 1. The summed E-state index contributed by atoms with van der Waals surface area (Å²) in [4.78, 5) is 62.9. The van der Waals surface area contributed by atoms with E-state index in [-0.39, 0.29) is 0 Å². The highest BCUT2D eigenvalue weighted by Crippen LogP contribution is 2.40. The van der Waals surface area contributed by atoms with Gasteiger partial charge in [0, 0.05) is 31.2 Å². The molecule has 66 heavy (non-hydrogen) atoms. The first-order valence-corrected chi connectivity index (χ1v) is 26.4. The maximum Gasteiger partial charge on any atom is 0.328 e. The van der Waals surface area contributed by atoms with Crippen molar-refractivity contribution in [1.82, 2.24) is 19.1 Å². The van der Waals surface area contributed by atoms with E-state index in [1.807, 2.05) is 11.2 Å². The third kappa shape index (κ3) is 12.1. The van der Waals surface area contributed by atoms with Crippen molar-refractivity contribution in [3.05, 3.63) is 111 Å². The van der Waals surface area contributed by atoms with E-state index in [0.29, 0.717) is 19.5 Å². The summed E-state index contributed by atoms with van der Waals surface area (Å²) in [6.45, 7) is 4.80. The molecule has 4 aliphatic carbocycles. The normalized spacial score (nSPS) is 14.5. The summed E-state index contributed by atoms with van der Waals surface area (Å²) in [7, 11) is -8.34. The van der Waals surface area contributed by atoms with Crippen LogP contribution in [0.25, 0.3) is 0 Å². The Balaban J connectivity index is 0.000000182. The largest absolute Gasteiger partial charge is 0.387 e. The smallest absolute Gasteiger partial charge is 0.328 e. The number of nitrogens with zero attached hydrogens (tertiary/aromatic N) is 3. The van der Waals surface area contributed by atoms with Gasteiger partial charge in [-0.25, -0.2) is 31.6 Å². The molecular weight excluding hydrogens is 887 g/mol. The number of nitrogens with one attached hydrogen (secondary N) is 3. The Morgan fingerprint density at radius 2 is 1.09 bits per heavy atom. The fraction of sp³-hybridized carbons (Fsp3) is 0.532. The molecule has 2 aromatic heterocycles. The van der Waals surface area contributed by atoms with Crippen molar-refractivity contribution in [1.29, 1.82) is 5.26 Å². The van der Waals surface area contributed by atoms with E-state index in [2.05, 4.69) is 36.3 Å². The van der Waals surface area contributed by atoms with E-state index in [1.165, 1.54) is 50.8 Å². The number of primary sulfonamides is 1. The number of aromatic amines is 2. The summed E-state index contributed by atoms with van der Waals surface area (Å²) < 4.78 is 55.8. The molecule has 356 valence electrons. The zero-order chi connectivity index (χ0) is 47.6. The SMILES string of the molecule is CCCCCCn1cc(S(=O)(=O)CC(=O)Nc2c3c(cc4c2CCC4)CCC3)c(=O)[nH]c1=O.CCCCCCn1cc(S(N)(=O)=O)c(=O)[nH]c1=O.N#COc1c2c(cc3c1CCC3)CCC2. The van der Waals surface area contributed by atoms with Crippen LogP contribution in [0.5, 0.6) is 5.75 Å². The Morgan fingerprint density at radius 1 is 0.667 bits per heavy atom. The number of benzene rings is 2. The monoisotopic (exact) mass is 947 g/mol. The van der Waals surface area contributed by atoms with Crippen molar-refractivity contribution >= 4 is 31.5 Å². The van der Waals surface area contributed by atoms with Crippen LogP contribution < -0.4 is 37.7 Å². The minimum atomic E-state index is -4.23. The molecule has 2 heterocycles. The molecular formula is C47H61N7O10S2. The fourth-order valence-corrected chi connectivity index (χ4v) is 11.3. The van der Waals surface area contributed by atoms with E-state index >= 15 is 0 Å². The molecule has 0 aliphatic heterocycles. The number of carbonyl (C=O) groups excluding carboxylic acids is 1. The number of rotatable bonds is 16. The summed E-state index contributed by atoms with van der Waals surface area (Å²) in [5.41, 5.74) is 7.68. The second-order valence-electron chi connectivity index (χ2n) is 17.5. The number of carbonyl (C=O) groups is 1. The first-order chi connectivity index (χ1) is 31.6. The van der Waals surface area contributed by atoms with Gasteiger partial charge in [0.15, 0.2) is 14.7 Å². The van der Waals surface area contributed by atoms with Crippen LogP contribution in [0.3, 0.4) is 0 Å². The Kier molecular flexibility index (Phi) is 16.8. The molecule has 0 bridgehead atoms. The highest BCUT2D eigenvalue weighted by Gasteiger charge is 2.29. The molecule has 0 fully saturated rings. The summed E-state index contributed by atoms with van der Waals surface area (Å²) >= 11 is 0. The number of H-pyrrole nitrogens is 2. The fourth-order valence-electron chi connectivity index (χ4n) is 9.48. The molecule has 19 heteroatoms. The van der Waals surface area contributed by atoms with Crippen LogP contribution in [-0.2, 0) is 89.1 Å². The van der Waals surface area contributed by atoms with Gasteiger partial charge in [-0.05, 0) is 134 Å². The number of sulfone groups is 1. The van der Waals surface area contributed by atoms with Gasteiger partial charge in [0.25, 0.3) is 17.4 Å². The number of amides is 1. The molecule has 0 atom stereocenters. The quantitative estimate of drug-likeness (QED) is 0.0876. The third-order valence-electron chi connectivity index (χ3n) is 12.7. The summed E-state index contributed by atoms with van der Waals surface area (Å²) in [6.07, 6.45) is 24.0. The number of hydrogen-bond donors (Lipinski definition) is 4. The Labute approximate surface area is 384 Å². The van der Waals surface area contributed by atoms with Crippen molar-refractivity contribution in [2.45, 2.75) is 165 Å². The number of aryl methyl sites for hydroxylation is 6. The first-order valence-electron chi connectivity index (χ1n) is 23.2. The highest BCUT2D eigenvalue weighted by molar-refractivity contribution is 7.92. The molecule has 0 saturated heterocycles. The van der Waals surface area contributed by atoms with Gasteiger partial charge in [-0.2, -0.15) is 0 Å². The molecule has 0 spiro atoms. The van der Waals surface area contributed by atoms with Crippen LogP contribution >= 0.6 is 0 Å². The zero-order valence-electron chi connectivity index (χ0n) is 37.9. The van der Waals surface area contributed by atoms with E-state index in [9.17, 15) is 40.8 Å². The second-order valence-corrected chi connectivity index (χ2v) is 21.0. The van der Waals surface area contributed by atoms with Crippen LogP contribution in [-0.4, -0.2) is 47.6 Å². The Hall–Kier alpha value is -5.58. The van der Waals surface area contributed by atoms with Gasteiger partial charge in [-0.15, -0.1) is 5.26 Å². The molecule has 8 rings (SSSR count). The average molecular weight is 948 g/mol. The molecule has 17 nitrogen and oxygen atoms in total. The topological polar surface area (TPSA) is 266 Å². The number of sulfonamides is 1. The van der Waals surface area contributed by atoms with Crippen LogP contribution in [0, 0.1) is 11.5 Å². The summed E-state index contributed by atoms with van der Waals surface area (Å²) in [6, 6.07) is 4.58. The first kappa shape index (κ1) is 49.8. The predicted octanol–water partition coefficient (Wildman–Crippen LogP) is 4.79. The van der Waals surface area contributed by atoms with Crippen molar-refractivity contribution < 1.29 is 26.4 Å². The molecule has 2 aromatic carbocycles. The molecule has 0 saturated carbocycles. The lowest BCUT2D eigenvalue weighted by Crippen LogP contribution is -2.35. The molecule has 1 amide bonds. The molecule has 4 aromatic rings. The van der Waals surface area contributed by atoms with Gasteiger partial charge in [-0.1, -0.05) is 64.5 Å². The van der Waals surface area contributed by atoms with E-state index < -0.39 is 63.8 Å². The van der Waals surface area contributed by atoms with E-state index in [4.69, 9.17) is 15.1 Å². The van der Waals surface area contributed by atoms with Crippen molar-refractivity contribution in [2.24, 2.45) is 5.14 Å². The van der Waals surface area contributed by atoms with Crippen molar-refractivity contribution in [2.75, 3.05) is 11.1 Å². The summed E-state index contributed by atoms with van der Waals surface area (Å²) in [5.74, 6) is -0.604. The summed E-state index contributed by atoms with van der Waals surface area (Å²) in [5, 5.41) is 16.5. The average Bonchev–Trinajstić information content (AvgIpc) is 4.10. The predicted molar refractivity (Wildman–Crippen MR) is 250 cm³/mol. The van der Waals surface area contributed by atoms with Crippen molar-refractivity contribution in [3.8, 4) is 12.0 Å². The number of unbranched alkanes of at least 4 members (excludes halogenated alkanes) is 6. The maximum atomic E-state index is 13.0. The minimum absolute atomic E-state index is 0.312. The molecule has 0 unspecified atom stereocenters. The number of ether oxygens (including phenoxy) is 1. The van der Waals surface area contributed by atoms with E-state index in [1.54, 1.807) is 0 Å². The highest BCUT2D eigenvalue weighted by atomic mass is 32.2. The van der Waals surface area contributed by atoms with E-state index in [0.717, 1.165) is 149 Å². The lowest BCUT2D eigenvalue weighted by molar-refractivity contribution is -0.113. The number of aromatic nitrogens is 4. The number of anilines is 1. The Bertz CT molecular complexity index is 2900. The number of nitrogens with two attached hydrogens (primary N) is 1. The van der Waals surface area contributed by atoms with Crippen LogP contribution in [0.4, 0.5) is 5.69 Å². The van der Waals surface area contributed by atoms with Gasteiger partial charge in [0.2, 0.25) is 15.9 Å². The van der Waals surface area contributed by atoms with Gasteiger partial charge >= 0.3 is 11.4 Å². The van der Waals surface area contributed by atoms with Crippen LogP contribution in [0.2, 0.25) is 0 Å². The second kappa shape index (κ2) is 22.3. The van der Waals surface area contributed by atoms with Crippen molar-refractivity contribution in [3.63, 3.8) is 0 Å². The number of hydrogen-bond acceptors (Lipinski definition) is 11. The Morgan fingerprint density at radius 3 is 1.53 bits per heavy atom. The zero-order valence-corrected chi connectivity index (χ0v) is 39.5. The third-order valence-corrected chi connectivity index (χ3v) is 15.2. The molecule has 5 N–H and O–H groups in total. The molecule has 4 aliphatic rings. The van der Waals surface area contributed by atoms with Gasteiger partial charge in [-0.3, -0.25) is 33.5 Å². The minimum Gasteiger partial charge on any atom is -0.387 e. The van der Waals surface area contributed by atoms with Gasteiger partial charge in [0.1, 0.15) is 16.4 Å². The molecule has 0 radical (unpaired) electrons.